The maximum Gasteiger partial charge on any atom is 0.263 e. The van der Waals surface area contributed by atoms with Crippen molar-refractivity contribution in [3.05, 3.63) is 41.9 Å². The fraction of sp³-hybridized carbons (Fsp3) is 0. The fourth-order valence-corrected chi connectivity index (χ4v) is 2.88. The van der Waals surface area contributed by atoms with Crippen molar-refractivity contribution < 1.29 is 8.42 Å². The molecule has 1 aromatic carbocycles. The summed E-state index contributed by atoms with van der Waals surface area (Å²) in [6.07, 6.45) is 3.99. The van der Waals surface area contributed by atoms with Crippen LogP contribution in [0.3, 0.4) is 0 Å². The van der Waals surface area contributed by atoms with E-state index in [1.54, 1.807) is 0 Å². The Morgan fingerprint density at radius 3 is 2.50 bits per heavy atom. The molecule has 0 aliphatic heterocycles. The van der Waals surface area contributed by atoms with E-state index in [0.717, 1.165) is 0 Å². The van der Waals surface area contributed by atoms with Gasteiger partial charge in [0.25, 0.3) is 10.0 Å². The van der Waals surface area contributed by atoms with Crippen molar-refractivity contribution in [2.75, 3.05) is 10.5 Å². The molecule has 18 heavy (non-hydrogen) atoms. The highest BCUT2D eigenvalue weighted by atomic mass is 35.5. The van der Waals surface area contributed by atoms with Crippen LogP contribution < -0.4 is 10.5 Å². The van der Waals surface area contributed by atoms with Crippen molar-refractivity contribution in [3.63, 3.8) is 0 Å². The Morgan fingerprint density at radius 2 is 1.89 bits per heavy atom. The van der Waals surface area contributed by atoms with Crippen LogP contribution in [0.1, 0.15) is 0 Å². The molecule has 0 spiro atoms. The number of aromatic nitrogens is 2. The summed E-state index contributed by atoms with van der Waals surface area (Å²) in [7, 11) is -3.78. The standard InChI is InChI=1S/C10H9ClN4O2S/c11-9-3-7(12)1-2-10(9)18(16,17)15-8-4-13-6-14-5-8/h1-6,15H,12H2. The molecule has 3 N–H and O–H groups in total. The molecule has 0 amide bonds. The van der Waals surface area contributed by atoms with Gasteiger partial charge in [-0.2, -0.15) is 0 Å². The lowest BCUT2D eigenvalue weighted by atomic mass is 10.3. The summed E-state index contributed by atoms with van der Waals surface area (Å²) in [5, 5.41) is 0.0550. The fourth-order valence-electron chi connectivity index (χ4n) is 1.30. The van der Waals surface area contributed by atoms with Crippen LogP contribution in [0, 0.1) is 0 Å². The molecule has 94 valence electrons. The summed E-state index contributed by atoms with van der Waals surface area (Å²) in [5.74, 6) is 0. The molecular weight excluding hydrogens is 276 g/mol. The lowest BCUT2D eigenvalue weighted by Gasteiger charge is -2.09. The van der Waals surface area contributed by atoms with Crippen LogP contribution >= 0.6 is 11.6 Å². The minimum Gasteiger partial charge on any atom is -0.399 e. The van der Waals surface area contributed by atoms with Crippen molar-refractivity contribution in [1.29, 1.82) is 0 Å². The third-order valence-corrected chi connectivity index (χ3v) is 3.92. The van der Waals surface area contributed by atoms with Gasteiger partial charge in [-0.05, 0) is 18.2 Å². The number of rotatable bonds is 3. The molecule has 0 saturated carbocycles. The number of benzene rings is 1. The van der Waals surface area contributed by atoms with Crippen molar-refractivity contribution in [2.45, 2.75) is 4.90 Å². The number of hydrogen-bond donors (Lipinski definition) is 2. The molecule has 0 aliphatic rings. The molecule has 0 atom stereocenters. The molecule has 0 bridgehead atoms. The number of nitrogens with two attached hydrogens (primary N) is 1. The normalized spacial score (nSPS) is 11.2. The van der Waals surface area contributed by atoms with Crippen molar-refractivity contribution >= 4 is 33.0 Å². The van der Waals surface area contributed by atoms with Gasteiger partial charge in [0.1, 0.15) is 11.2 Å². The van der Waals surface area contributed by atoms with Crippen LogP contribution in [0.2, 0.25) is 5.02 Å². The summed E-state index contributed by atoms with van der Waals surface area (Å²) < 4.78 is 26.4. The number of nitrogen functional groups attached to an aromatic ring is 1. The van der Waals surface area contributed by atoms with Crippen molar-refractivity contribution in [2.24, 2.45) is 0 Å². The van der Waals surface area contributed by atoms with E-state index in [2.05, 4.69) is 14.7 Å². The highest BCUT2D eigenvalue weighted by molar-refractivity contribution is 7.92. The minimum atomic E-state index is -3.78. The Kier molecular flexibility index (Phi) is 3.35. The first kappa shape index (κ1) is 12.6. The van der Waals surface area contributed by atoms with Gasteiger partial charge in [-0.25, -0.2) is 18.4 Å². The van der Waals surface area contributed by atoms with Crippen LogP contribution in [0.4, 0.5) is 11.4 Å². The van der Waals surface area contributed by atoms with Gasteiger partial charge in [0.05, 0.1) is 23.1 Å². The molecule has 1 aromatic heterocycles. The Hall–Kier alpha value is -1.86. The summed E-state index contributed by atoms with van der Waals surface area (Å²) in [5.41, 5.74) is 6.15. The zero-order chi connectivity index (χ0) is 13.2. The number of hydrogen-bond acceptors (Lipinski definition) is 5. The second-order valence-electron chi connectivity index (χ2n) is 3.42. The maximum atomic E-state index is 12.0. The lowest BCUT2D eigenvalue weighted by molar-refractivity contribution is 0.601. The molecule has 0 aliphatic carbocycles. The Balaban J connectivity index is 2.37. The lowest BCUT2D eigenvalue weighted by Crippen LogP contribution is -2.13. The average Bonchev–Trinajstić information content (AvgIpc) is 2.29. The predicted molar refractivity (Wildman–Crippen MR) is 68.7 cm³/mol. The first-order valence-electron chi connectivity index (χ1n) is 4.82. The van der Waals surface area contributed by atoms with Gasteiger partial charge in [0.15, 0.2) is 0 Å². The number of halogens is 1. The highest BCUT2D eigenvalue weighted by Crippen LogP contribution is 2.25. The van der Waals surface area contributed by atoms with E-state index in [-0.39, 0.29) is 15.6 Å². The van der Waals surface area contributed by atoms with Crippen LogP contribution in [-0.4, -0.2) is 18.4 Å². The number of anilines is 2. The molecule has 0 fully saturated rings. The highest BCUT2D eigenvalue weighted by Gasteiger charge is 2.18. The maximum absolute atomic E-state index is 12.0. The largest absolute Gasteiger partial charge is 0.399 e. The first-order chi connectivity index (χ1) is 8.49. The summed E-state index contributed by atoms with van der Waals surface area (Å²) in [6.45, 7) is 0. The van der Waals surface area contributed by atoms with Crippen molar-refractivity contribution in [1.82, 2.24) is 9.97 Å². The third kappa shape index (κ3) is 2.69. The molecule has 8 heteroatoms. The zero-order valence-corrected chi connectivity index (χ0v) is 10.6. The minimum absolute atomic E-state index is 0.0535. The van der Waals surface area contributed by atoms with Gasteiger partial charge in [0, 0.05) is 5.69 Å². The van der Waals surface area contributed by atoms with E-state index in [0.29, 0.717) is 5.69 Å². The predicted octanol–water partition coefficient (Wildman–Crippen LogP) is 1.51. The topological polar surface area (TPSA) is 98.0 Å². The van der Waals surface area contributed by atoms with Crippen LogP contribution in [-0.2, 0) is 10.0 Å². The van der Waals surface area contributed by atoms with Gasteiger partial charge in [0.2, 0.25) is 0 Å². The number of nitrogens with one attached hydrogen (secondary N) is 1. The molecule has 2 aromatic rings. The van der Waals surface area contributed by atoms with Gasteiger partial charge in [-0.15, -0.1) is 0 Å². The van der Waals surface area contributed by atoms with Crippen molar-refractivity contribution in [3.8, 4) is 0 Å². The van der Waals surface area contributed by atoms with E-state index in [1.807, 2.05) is 0 Å². The molecule has 1 heterocycles. The Labute approximate surface area is 109 Å². The van der Waals surface area contributed by atoms with Crippen LogP contribution in [0.25, 0.3) is 0 Å². The monoisotopic (exact) mass is 284 g/mol. The molecule has 0 unspecified atom stereocenters. The Bertz CT molecular complexity index is 661. The van der Waals surface area contributed by atoms with Gasteiger partial charge >= 0.3 is 0 Å². The second kappa shape index (κ2) is 4.79. The summed E-state index contributed by atoms with van der Waals surface area (Å²) >= 11 is 5.85. The summed E-state index contributed by atoms with van der Waals surface area (Å²) in [4.78, 5) is 7.36. The van der Waals surface area contributed by atoms with Crippen LogP contribution in [0.5, 0.6) is 0 Å². The van der Waals surface area contributed by atoms with Gasteiger partial charge < -0.3 is 5.73 Å². The van der Waals surface area contributed by atoms with E-state index in [4.69, 9.17) is 17.3 Å². The smallest absolute Gasteiger partial charge is 0.263 e. The number of sulfonamides is 1. The molecule has 0 radical (unpaired) electrons. The summed E-state index contributed by atoms with van der Waals surface area (Å²) in [6, 6.07) is 4.17. The molecular formula is C10H9ClN4O2S. The third-order valence-electron chi connectivity index (χ3n) is 2.06. The first-order valence-corrected chi connectivity index (χ1v) is 6.68. The van der Waals surface area contributed by atoms with E-state index >= 15 is 0 Å². The quantitative estimate of drug-likeness (QED) is 0.833. The Morgan fingerprint density at radius 1 is 1.22 bits per heavy atom. The SMILES string of the molecule is Nc1ccc(S(=O)(=O)Nc2cncnc2)c(Cl)c1. The number of nitrogens with zero attached hydrogens (tertiary/aromatic N) is 2. The van der Waals surface area contributed by atoms with E-state index in [9.17, 15) is 8.42 Å². The van der Waals surface area contributed by atoms with Gasteiger partial charge in [-0.1, -0.05) is 11.6 Å². The molecule has 0 saturated heterocycles. The van der Waals surface area contributed by atoms with E-state index < -0.39 is 10.0 Å². The second-order valence-corrected chi connectivity index (χ2v) is 5.48. The van der Waals surface area contributed by atoms with Gasteiger partial charge in [-0.3, -0.25) is 4.72 Å². The van der Waals surface area contributed by atoms with E-state index in [1.165, 1.54) is 36.9 Å². The molecule has 6 nitrogen and oxygen atoms in total. The zero-order valence-electron chi connectivity index (χ0n) is 9.04. The average molecular weight is 285 g/mol. The molecule has 2 rings (SSSR count). The van der Waals surface area contributed by atoms with Crippen LogP contribution in [0.15, 0.2) is 41.8 Å².